The molecule has 0 unspecified atom stereocenters. The third-order valence-corrected chi connectivity index (χ3v) is 4.80. The minimum absolute atomic E-state index is 0.0409. The van der Waals surface area contributed by atoms with Crippen molar-refractivity contribution in [3.05, 3.63) is 63.4 Å². The number of non-ortho nitro benzene ring substituents is 1. The van der Waals surface area contributed by atoms with E-state index < -0.39 is 22.8 Å². The lowest BCUT2D eigenvalue weighted by atomic mass is 9.97. The lowest BCUT2D eigenvalue weighted by Gasteiger charge is -2.31. The van der Waals surface area contributed by atoms with Gasteiger partial charge in [-0.2, -0.15) is 0 Å². The fourth-order valence-electron chi connectivity index (χ4n) is 2.98. The molecule has 0 saturated carbocycles. The van der Waals surface area contributed by atoms with Gasteiger partial charge in [-0.3, -0.25) is 14.9 Å². The molecule has 10 heteroatoms. The van der Waals surface area contributed by atoms with Gasteiger partial charge in [0, 0.05) is 30.9 Å². The van der Waals surface area contributed by atoms with Crippen molar-refractivity contribution in [3.8, 4) is 5.75 Å². The first-order valence-electron chi connectivity index (χ1n) is 8.80. The van der Waals surface area contributed by atoms with Crippen LogP contribution in [0.25, 0.3) is 0 Å². The first kappa shape index (κ1) is 20.5. The first-order chi connectivity index (χ1) is 13.8. The van der Waals surface area contributed by atoms with Crippen LogP contribution in [-0.4, -0.2) is 34.9 Å². The zero-order chi connectivity index (χ0) is 21.0. The highest BCUT2D eigenvalue weighted by molar-refractivity contribution is 6.30. The molecular weight excluding hydrogens is 405 g/mol. The zero-order valence-corrected chi connectivity index (χ0v) is 15.9. The van der Waals surface area contributed by atoms with Crippen molar-refractivity contribution >= 4 is 35.0 Å². The number of ether oxygens (including phenoxy) is 1. The van der Waals surface area contributed by atoms with Crippen LogP contribution in [0.2, 0.25) is 5.02 Å². The van der Waals surface area contributed by atoms with Gasteiger partial charge in [0.25, 0.3) is 5.69 Å². The van der Waals surface area contributed by atoms with Gasteiger partial charge in [-0.1, -0.05) is 11.6 Å². The molecule has 2 aromatic rings. The van der Waals surface area contributed by atoms with Crippen LogP contribution in [0.4, 0.5) is 20.6 Å². The van der Waals surface area contributed by atoms with E-state index in [1.54, 1.807) is 0 Å². The molecule has 1 atom stereocenters. The molecule has 1 heterocycles. The maximum absolute atomic E-state index is 13.5. The molecule has 2 amide bonds. The first-order valence-corrected chi connectivity index (χ1v) is 9.18. The molecule has 0 radical (unpaired) electrons. The average Bonchev–Trinajstić information content (AvgIpc) is 2.71. The number of benzene rings is 2. The second-order valence-corrected chi connectivity index (χ2v) is 6.93. The van der Waals surface area contributed by atoms with Gasteiger partial charge in [0.15, 0.2) is 0 Å². The van der Waals surface area contributed by atoms with Gasteiger partial charge < -0.3 is 15.0 Å². The van der Waals surface area contributed by atoms with E-state index in [0.29, 0.717) is 19.4 Å². The third-order valence-electron chi connectivity index (χ3n) is 4.49. The Bertz CT molecular complexity index is 938. The van der Waals surface area contributed by atoms with E-state index in [0.717, 1.165) is 6.07 Å². The average molecular weight is 422 g/mol. The number of nitro groups is 1. The third kappa shape index (κ3) is 5.20. The molecule has 1 aliphatic rings. The van der Waals surface area contributed by atoms with Crippen molar-refractivity contribution in [2.24, 2.45) is 5.92 Å². The van der Waals surface area contributed by atoms with E-state index in [1.807, 2.05) is 0 Å². The molecular formula is C19H17ClFN3O5. The number of rotatable bonds is 4. The monoisotopic (exact) mass is 421 g/mol. The number of nitrogens with one attached hydrogen (secondary N) is 1. The molecule has 0 aromatic heterocycles. The predicted octanol–water partition coefficient (Wildman–Crippen LogP) is 4.24. The van der Waals surface area contributed by atoms with Gasteiger partial charge in [0.2, 0.25) is 5.91 Å². The van der Waals surface area contributed by atoms with Gasteiger partial charge in [-0.05, 0) is 43.2 Å². The number of carbonyl (C=O) groups excluding carboxylic acids is 2. The van der Waals surface area contributed by atoms with E-state index in [9.17, 15) is 24.1 Å². The maximum atomic E-state index is 13.5. The SMILES string of the molecule is O=C(Nc1ccc(Cl)c(F)c1)[C@H]1CCCN(C(=O)Oc2ccc([N+](=O)[O-])cc2)C1. The summed E-state index contributed by atoms with van der Waals surface area (Å²) in [7, 11) is 0. The predicted molar refractivity (Wildman–Crippen MR) is 103 cm³/mol. The number of nitro benzene ring substituents is 1. The van der Waals surface area contributed by atoms with Gasteiger partial charge in [-0.25, -0.2) is 9.18 Å². The lowest BCUT2D eigenvalue weighted by Crippen LogP contribution is -2.44. The minimum atomic E-state index is -0.645. The number of hydrogen-bond donors (Lipinski definition) is 1. The van der Waals surface area contributed by atoms with Crippen molar-refractivity contribution in [1.82, 2.24) is 4.90 Å². The van der Waals surface area contributed by atoms with Crippen molar-refractivity contribution in [3.63, 3.8) is 0 Å². The van der Waals surface area contributed by atoms with Crippen LogP contribution in [0.3, 0.4) is 0 Å². The van der Waals surface area contributed by atoms with Crippen LogP contribution in [0, 0.1) is 21.8 Å². The largest absolute Gasteiger partial charge is 0.415 e. The normalized spacial score (nSPS) is 16.2. The number of carbonyl (C=O) groups is 2. The molecule has 1 fully saturated rings. The number of nitrogens with zero attached hydrogens (tertiary/aromatic N) is 2. The van der Waals surface area contributed by atoms with Crippen molar-refractivity contribution in [2.75, 3.05) is 18.4 Å². The molecule has 0 aliphatic carbocycles. The molecule has 1 saturated heterocycles. The van der Waals surface area contributed by atoms with Crippen molar-refractivity contribution in [2.45, 2.75) is 12.8 Å². The van der Waals surface area contributed by atoms with E-state index in [4.69, 9.17) is 16.3 Å². The number of halogens is 2. The quantitative estimate of drug-likeness (QED) is 0.587. The summed E-state index contributed by atoms with van der Waals surface area (Å²) in [5, 5.41) is 13.3. The molecule has 29 heavy (non-hydrogen) atoms. The Morgan fingerprint density at radius 1 is 1.24 bits per heavy atom. The molecule has 152 valence electrons. The van der Waals surface area contributed by atoms with E-state index in [1.165, 1.54) is 41.3 Å². The highest BCUT2D eigenvalue weighted by atomic mass is 35.5. The Morgan fingerprint density at radius 3 is 2.62 bits per heavy atom. The summed E-state index contributed by atoms with van der Waals surface area (Å²) in [6.07, 6.45) is 0.528. The summed E-state index contributed by atoms with van der Waals surface area (Å²) < 4.78 is 18.8. The van der Waals surface area contributed by atoms with E-state index in [-0.39, 0.29) is 34.6 Å². The van der Waals surface area contributed by atoms with Gasteiger partial charge in [0.05, 0.1) is 15.9 Å². The minimum Gasteiger partial charge on any atom is -0.410 e. The van der Waals surface area contributed by atoms with Gasteiger partial charge >= 0.3 is 6.09 Å². The topological polar surface area (TPSA) is 102 Å². The van der Waals surface area contributed by atoms with E-state index >= 15 is 0 Å². The summed E-state index contributed by atoms with van der Waals surface area (Å²) in [5.74, 6) is -1.28. The van der Waals surface area contributed by atoms with Crippen LogP contribution < -0.4 is 10.1 Å². The van der Waals surface area contributed by atoms with Gasteiger partial charge in [0.1, 0.15) is 11.6 Å². The number of likely N-dealkylation sites (tertiary alicyclic amines) is 1. The highest BCUT2D eigenvalue weighted by Gasteiger charge is 2.29. The Balaban J connectivity index is 1.58. The van der Waals surface area contributed by atoms with Crippen LogP contribution in [-0.2, 0) is 4.79 Å². The fourth-order valence-corrected chi connectivity index (χ4v) is 3.09. The van der Waals surface area contributed by atoms with Crippen LogP contribution in [0.1, 0.15) is 12.8 Å². The molecule has 3 rings (SSSR count). The molecule has 2 aromatic carbocycles. The Morgan fingerprint density at radius 2 is 1.97 bits per heavy atom. The summed E-state index contributed by atoms with van der Waals surface area (Å²) in [6.45, 7) is 0.568. The second-order valence-electron chi connectivity index (χ2n) is 6.52. The smallest absolute Gasteiger partial charge is 0.410 e. The summed E-state index contributed by atoms with van der Waals surface area (Å²) >= 11 is 5.63. The second kappa shape index (κ2) is 8.87. The number of amides is 2. The van der Waals surface area contributed by atoms with Crippen molar-refractivity contribution in [1.29, 1.82) is 0 Å². The highest BCUT2D eigenvalue weighted by Crippen LogP contribution is 2.23. The standard InChI is InChI=1S/C19H17ClFN3O5/c20-16-8-3-13(10-17(16)21)22-18(25)12-2-1-9-23(11-12)19(26)29-15-6-4-14(5-7-15)24(27)28/h3-8,10,12H,1-2,9,11H2,(H,22,25)/t12-/m0/s1. The van der Waals surface area contributed by atoms with E-state index in [2.05, 4.69) is 5.32 Å². The van der Waals surface area contributed by atoms with Crippen LogP contribution in [0.15, 0.2) is 42.5 Å². The Labute approximate surface area is 170 Å². The molecule has 1 aliphatic heterocycles. The zero-order valence-electron chi connectivity index (χ0n) is 15.1. The summed E-state index contributed by atoms with van der Waals surface area (Å²) in [6, 6.07) is 9.11. The number of hydrogen-bond acceptors (Lipinski definition) is 5. The van der Waals surface area contributed by atoms with Gasteiger partial charge in [-0.15, -0.1) is 0 Å². The summed E-state index contributed by atoms with van der Waals surface area (Å²) in [4.78, 5) is 36.4. The Hall–Kier alpha value is -3.20. The molecule has 1 N–H and O–H groups in total. The fraction of sp³-hybridized carbons (Fsp3) is 0.263. The summed E-state index contributed by atoms with van der Waals surface area (Å²) in [5.41, 5.74) is 0.167. The molecule has 0 bridgehead atoms. The maximum Gasteiger partial charge on any atom is 0.415 e. The van der Waals surface area contributed by atoms with Crippen molar-refractivity contribution < 1.29 is 23.6 Å². The molecule has 0 spiro atoms. The van der Waals surface area contributed by atoms with Crippen LogP contribution >= 0.6 is 11.6 Å². The lowest BCUT2D eigenvalue weighted by molar-refractivity contribution is -0.384. The Kier molecular flexibility index (Phi) is 6.28. The molecule has 8 nitrogen and oxygen atoms in total. The van der Waals surface area contributed by atoms with Crippen LogP contribution in [0.5, 0.6) is 5.75 Å². The number of anilines is 1. The number of piperidine rings is 1.